The highest BCUT2D eigenvalue weighted by atomic mass is 35.5. The molecule has 9 heteroatoms. The van der Waals surface area contributed by atoms with Crippen LogP contribution in [-0.2, 0) is 9.84 Å². The number of anilines is 1. The lowest BCUT2D eigenvalue weighted by Gasteiger charge is -2.35. The zero-order valence-electron chi connectivity index (χ0n) is 16.7. The van der Waals surface area contributed by atoms with Crippen LogP contribution in [0, 0.1) is 0 Å². The number of rotatable bonds is 4. The predicted octanol–water partition coefficient (Wildman–Crippen LogP) is 2.74. The maximum Gasteiger partial charge on any atom is 0.274 e. The summed E-state index contributed by atoms with van der Waals surface area (Å²) in [6, 6.07) is 9.51. The highest BCUT2D eigenvalue weighted by Gasteiger charge is 2.36. The van der Waals surface area contributed by atoms with Gasteiger partial charge in [0.15, 0.2) is 15.5 Å². The van der Waals surface area contributed by atoms with E-state index in [0.717, 1.165) is 37.3 Å². The van der Waals surface area contributed by atoms with Crippen LogP contribution < -0.4 is 4.90 Å². The molecule has 5 rings (SSSR count). The second-order valence-electron chi connectivity index (χ2n) is 8.49. The lowest BCUT2D eigenvalue weighted by Crippen LogP contribution is -2.48. The van der Waals surface area contributed by atoms with E-state index >= 15 is 0 Å². The number of carbonyl (C=O) groups excluding carboxylic acids is 1. The summed E-state index contributed by atoms with van der Waals surface area (Å²) in [5, 5.41) is 5.32. The van der Waals surface area contributed by atoms with Gasteiger partial charge in [0.25, 0.3) is 5.91 Å². The monoisotopic (exact) mass is 448 g/mol. The van der Waals surface area contributed by atoms with Crippen LogP contribution in [0.5, 0.6) is 0 Å². The first-order valence-corrected chi connectivity index (χ1v) is 12.7. The van der Waals surface area contributed by atoms with Crippen LogP contribution in [0.4, 0.5) is 5.69 Å². The molecule has 1 aromatic heterocycles. The van der Waals surface area contributed by atoms with Crippen molar-refractivity contribution in [1.29, 1.82) is 0 Å². The van der Waals surface area contributed by atoms with Crippen LogP contribution in [0.25, 0.3) is 0 Å². The molecule has 1 aliphatic carbocycles. The highest BCUT2D eigenvalue weighted by molar-refractivity contribution is 7.91. The Morgan fingerprint density at radius 3 is 2.47 bits per heavy atom. The van der Waals surface area contributed by atoms with Crippen LogP contribution in [0.3, 0.4) is 0 Å². The quantitative estimate of drug-likeness (QED) is 0.718. The number of aromatic nitrogens is 2. The summed E-state index contributed by atoms with van der Waals surface area (Å²) in [5.41, 5.74) is 2.53. The van der Waals surface area contributed by atoms with Crippen molar-refractivity contribution in [3.8, 4) is 0 Å². The van der Waals surface area contributed by atoms with E-state index in [9.17, 15) is 13.2 Å². The topological polar surface area (TPSA) is 75.5 Å². The molecule has 3 fully saturated rings. The third-order valence-corrected chi connectivity index (χ3v) is 8.26. The van der Waals surface area contributed by atoms with Gasteiger partial charge in [-0.1, -0.05) is 17.7 Å². The predicted molar refractivity (Wildman–Crippen MR) is 116 cm³/mol. The van der Waals surface area contributed by atoms with Crippen molar-refractivity contribution >= 4 is 33.0 Å². The Balaban J connectivity index is 1.30. The molecule has 0 unspecified atom stereocenters. The van der Waals surface area contributed by atoms with Gasteiger partial charge in [-0.25, -0.2) is 8.42 Å². The fourth-order valence-corrected chi connectivity index (χ4v) is 6.34. The molecule has 0 spiro atoms. The van der Waals surface area contributed by atoms with Gasteiger partial charge in [0.05, 0.1) is 17.5 Å². The van der Waals surface area contributed by atoms with Gasteiger partial charge in [-0.2, -0.15) is 5.10 Å². The van der Waals surface area contributed by atoms with Crippen molar-refractivity contribution in [3.05, 3.63) is 46.7 Å². The largest absolute Gasteiger partial charge is 0.368 e. The molecule has 1 amide bonds. The van der Waals surface area contributed by atoms with Crippen LogP contribution in [0.2, 0.25) is 5.02 Å². The average Bonchev–Trinajstić information content (AvgIpc) is 3.38. The van der Waals surface area contributed by atoms with Crippen LogP contribution in [0.15, 0.2) is 30.3 Å². The van der Waals surface area contributed by atoms with Crippen molar-refractivity contribution in [1.82, 2.24) is 14.7 Å². The smallest absolute Gasteiger partial charge is 0.274 e. The van der Waals surface area contributed by atoms with Gasteiger partial charge >= 0.3 is 0 Å². The third kappa shape index (κ3) is 3.95. The summed E-state index contributed by atoms with van der Waals surface area (Å²) in [6.07, 6.45) is 2.74. The van der Waals surface area contributed by atoms with Crippen LogP contribution >= 0.6 is 11.6 Å². The van der Waals surface area contributed by atoms with E-state index in [4.69, 9.17) is 11.6 Å². The first-order valence-electron chi connectivity index (χ1n) is 10.5. The minimum absolute atomic E-state index is 0.0674. The van der Waals surface area contributed by atoms with E-state index < -0.39 is 9.84 Å². The van der Waals surface area contributed by atoms with Gasteiger partial charge in [0.2, 0.25) is 0 Å². The Morgan fingerprint density at radius 1 is 1.07 bits per heavy atom. The molecule has 2 saturated heterocycles. The molecule has 1 saturated carbocycles. The minimum atomic E-state index is -3.00. The van der Waals surface area contributed by atoms with Crippen molar-refractivity contribution in [2.75, 3.05) is 42.6 Å². The molecule has 1 aromatic carbocycles. The second kappa shape index (κ2) is 7.57. The summed E-state index contributed by atoms with van der Waals surface area (Å²) >= 11 is 6.10. The fraction of sp³-hybridized carbons (Fsp3) is 0.524. The number of benzene rings is 1. The molecule has 7 nitrogen and oxygen atoms in total. The van der Waals surface area contributed by atoms with E-state index in [0.29, 0.717) is 36.1 Å². The Morgan fingerprint density at radius 2 is 1.83 bits per heavy atom. The maximum absolute atomic E-state index is 13.1. The molecule has 3 heterocycles. The number of sulfone groups is 1. The van der Waals surface area contributed by atoms with E-state index in [2.05, 4.69) is 10.00 Å². The molecule has 0 radical (unpaired) electrons. The lowest BCUT2D eigenvalue weighted by atomic mass is 10.2. The van der Waals surface area contributed by atoms with Crippen LogP contribution in [-0.4, -0.2) is 66.7 Å². The number of halogens is 1. The zero-order chi connectivity index (χ0) is 20.9. The van der Waals surface area contributed by atoms with Crippen molar-refractivity contribution in [3.63, 3.8) is 0 Å². The van der Waals surface area contributed by atoms with Crippen molar-refractivity contribution in [2.45, 2.75) is 31.2 Å². The average molecular weight is 449 g/mol. The minimum Gasteiger partial charge on any atom is -0.368 e. The Bertz CT molecular complexity index is 1070. The number of piperazine rings is 1. The van der Waals surface area contributed by atoms with E-state index in [1.807, 2.05) is 39.9 Å². The molecule has 0 N–H and O–H groups in total. The van der Waals surface area contributed by atoms with E-state index in [1.54, 1.807) is 0 Å². The van der Waals surface area contributed by atoms with Gasteiger partial charge in [-0.15, -0.1) is 0 Å². The molecule has 1 atom stereocenters. The van der Waals surface area contributed by atoms with Crippen LogP contribution in [0.1, 0.15) is 47.4 Å². The first kappa shape index (κ1) is 19.9. The standard InChI is InChI=1S/C21H25ClN4O3S/c22-16-2-1-3-17(12-16)24-7-9-25(10-8-24)21(27)19-13-20(15-4-5-15)26(23-19)18-6-11-30(28,29)14-18/h1-3,12-13,15,18H,4-11,14H2/t18-/m0/s1. The van der Waals surface area contributed by atoms with Gasteiger partial charge < -0.3 is 9.80 Å². The number of hydrogen-bond acceptors (Lipinski definition) is 5. The number of amides is 1. The second-order valence-corrected chi connectivity index (χ2v) is 11.2. The van der Waals surface area contributed by atoms with Gasteiger partial charge in [-0.05, 0) is 43.5 Å². The molecular weight excluding hydrogens is 424 g/mol. The van der Waals surface area contributed by atoms with Crippen molar-refractivity contribution in [2.24, 2.45) is 0 Å². The summed E-state index contributed by atoms with van der Waals surface area (Å²) in [6.45, 7) is 2.72. The number of nitrogens with zero attached hydrogens (tertiary/aromatic N) is 4. The molecule has 2 aliphatic heterocycles. The summed E-state index contributed by atoms with van der Waals surface area (Å²) < 4.78 is 25.7. The molecule has 3 aliphatic rings. The lowest BCUT2D eigenvalue weighted by molar-refractivity contribution is 0.0739. The van der Waals surface area contributed by atoms with Gasteiger partial charge in [0.1, 0.15) is 0 Å². The SMILES string of the molecule is O=C(c1cc(C2CC2)n([C@H]2CCS(=O)(=O)C2)n1)N1CCN(c2cccc(Cl)c2)CC1. The van der Waals surface area contributed by atoms with E-state index in [-0.39, 0.29) is 23.5 Å². The van der Waals surface area contributed by atoms with E-state index in [1.165, 1.54) is 0 Å². The van der Waals surface area contributed by atoms with Gasteiger partial charge in [-0.3, -0.25) is 9.48 Å². The summed E-state index contributed by atoms with van der Waals surface area (Å²) in [4.78, 5) is 17.2. The Labute approximate surface area is 181 Å². The maximum atomic E-state index is 13.1. The fourth-order valence-electron chi connectivity index (χ4n) is 4.46. The Hall–Kier alpha value is -2.06. The summed E-state index contributed by atoms with van der Waals surface area (Å²) in [5.74, 6) is 0.667. The Kier molecular flexibility index (Phi) is 5.01. The van der Waals surface area contributed by atoms with Crippen molar-refractivity contribution < 1.29 is 13.2 Å². The molecular formula is C21H25ClN4O3S. The number of hydrogen-bond donors (Lipinski definition) is 0. The molecule has 2 aromatic rings. The summed E-state index contributed by atoms with van der Waals surface area (Å²) in [7, 11) is -3.00. The molecule has 30 heavy (non-hydrogen) atoms. The first-order chi connectivity index (χ1) is 14.4. The highest BCUT2D eigenvalue weighted by Crippen LogP contribution is 2.42. The molecule has 0 bridgehead atoms. The normalized spacial score (nSPS) is 23.7. The zero-order valence-corrected chi connectivity index (χ0v) is 18.3. The number of carbonyl (C=O) groups is 1. The van der Waals surface area contributed by atoms with Gasteiger partial charge in [0, 0.05) is 48.5 Å². The third-order valence-electron chi connectivity index (χ3n) is 6.27. The molecule has 160 valence electrons.